The van der Waals surface area contributed by atoms with E-state index in [0.29, 0.717) is 43.0 Å². The maximum atomic E-state index is 13.1. The van der Waals surface area contributed by atoms with E-state index in [-0.39, 0.29) is 29.5 Å². The largest absolute Gasteiger partial charge is 0.459 e. The molecule has 2 fully saturated rings. The quantitative estimate of drug-likeness (QED) is 0.829. The van der Waals surface area contributed by atoms with Crippen molar-refractivity contribution in [3.05, 3.63) is 53.5 Å². The van der Waals surface area contributed by atoms with Crippen LogP contribution in [0, 0.1) is 6.92 Å². The molecule has 0 unspecified atom stereocenters. The maximum Gasteiger partial charge on any atom is 0.291 e. The van der Waals surface area contributed by atoms with Gasteiger partial charge in [-0.2, -0.15) is 0 Å². The molecular weight excluding hydrogens is 360 g/mol. The number of rotatable bonds is 3. The van der Waals surface area contributed by atoms with Crippen molar-refractivity contribution in [1.29, 1.82) is 0 Å². The van der Waals surface area contributed by atoms with Gasteiger partial charge in [0.25, 0.3) is 11.8 Å². The monoisotopic (exact) mass is 382 g/mol. The highest BCUT2D eigenvalue weighted by molar-refractivity contribution is 6.04. The Morgan fingerprint density at radius 1 is 1.18 bits per heavy atom. The zero-order valence-electron chi connectivity index (χ0n) is 15.6. The molecule has 8 heteroatoms. The van der Waals surface area contributed by atoms with E-state index < -0.39 is 0 Å². The smallest absolute Gasteiger partial charge is 0.291 e. The Bertz CT molecular complexity index is 909. The van der Waals surface area contributed by atoms with Crippen LogP contribution in [0.2, 0.25) is 0 Å². The van der Waals surface area contributed by atoms with E-state index in [0.717, 1.165) is 6.54 Å². The molecule has 0 aliphatic carbocycles. The van der Waals surface area contributed by atoms with Crippen LogP contribution in [0.4, 0.5) is 5.69 Å². The summed E-state index contributed by atoms with van der Waals surface area (Å²) < 4.78 is 5.11. The summed E-state index contributed by atoms with van der Waals surface area (Å²) in [5, 5.41) is 5.65. The number of carbonyl (C=O) groups excluding carboxylic acids is 3. The fraction of sp³-hybridized carbons (Fsp3) is 0.350. The van der Waals surface area contributed by atoms with Crippen molar-refractivity contribution in [2.24, 2.45) is 0 Å². The van der Waals surface area contributed by atoms with E-state index in [4.69, 9.17) is 4.42 Å². The maximum absolute atomic E-state index is 13.1. The van der Waals surface area contributed by atoms with Crippen LogP contribution in [0.5, 0.6) is 0 Å². The normalized spacial score (nSPS) is 19.7. The Hall–Kier alpha value is -3.13. The highest BCUT2D eigenvalue weighted by atomic mass is 16.3. The first kappa shape index (κ1) is 18.2. The van der Waals surface area contributed by atoms with E-state index in [1.807, 2.05) is 0 Å². The number of carbonyl (C=O) groups is 3. The molecule has 146 valence electrons. The third-order valence-corrected chi connectivity index (χ3v) is 5.34. The minimum Gasteiger partial charge on any atom is -0.459 e. The first-order chi connectivity index (χ1) is 13.5. The number of amides is 3. The van der Waals surface area contributed by atoms with Gasteiger partial charge in [0.05, 0.1) is 6.26 Å². The SMILES string of the molecule is Cc1c(NC(=O)c2ccco2)cccc1C(=O)N1CCN2CCNC(=O)[C@@H]2C1. The van der Waals surface area contributed by atoms with Crippen molar-refractivity contribution >= 4 is 23.4 Å². The molecule has 2 aromatic rings. The summed E-state index contributed by atoms with van der Waals surface area (Å²) >= 11 is 0. The fourth-order valence-electron chi connectivity index (χ4n) is 3.73. The van der Waals surface area contributed by atoms with Crippen LogP contribution in [0.25, 0.3) is 0 Å². The summed E-state index contributed by atoms with van der Waals surface area (Å²) in [5.41, 5.74) is 1.76. The summed E-state index contributed by atoms with van der Waals surface area (Å²) in [6, 6.07) is 8.15. The molecule has 1 aromatic carbocycles. The molecule has 2 saturated heterocycles. The highest BCUT2D eigenvalue weighted by Crippen LogP contribution is 2.23. The Balaban J connectivity index is 1.51. The Labute approximate surface area is 162 Å². The third-order valence-electron chi connectivity index (χ3n) is 5.34. The minimum absolute atomic E-state index is 0.0278. The number of piperazine rings is 2. The second-order valence-corrected chi connectivity index (χ2v) is 7.00. The number of benzene rings is 1. The van der Waals surface area contributed by atoms with Crippen molar-refractivity contribution in [2.45, 2.75) is 13.0 Å². The molecule has 2 N–H and O–H groups in total. The fourth-order valence-corrected chi connectivity index (χ4v) is 3.73. The number of fused-ring (bicyclic) bond motifs is 1. The van der Waals surface area contributed by atoms with Crippen molar-refractivity contribution < 1.29 is 18.8 Å². The first-order valence-corrected chi connectivity index (χ1v) is 9.30. The van der Waals surface area contributed by atoms with Gasteiger partial charge in [0.1, 0.15) is 6.04 Å². The number of nitrogens with one attached hydrogen (secondary N) is 2. The van der Waals surface area contributed by atoms with Gasteiger partial charge in [0.2, 0.25) is 5.91 Å². The minimum atomic E-state index is -0.370. The molecule has 0 spiro atoms. The molecule has 28 heavy (non-hydrogen) atoms. The lowest BCUT2D eigenvalue weighted by atomic mass is 10.0. The molecule has 2 aliphatic rings. The average Bonchev–Trinajstić information content (AvgIpc) is 3.24. The van der Waals surface area contributed by atoms with E-state index in [1.54, 1.807) is 42.2 Å². The molecule has 8 nitrogen and oxygen atoms in total. The van der Waals surface area contributed by atoms with Gasteiger partial charge >= 0.3 is 0 Å². The van der Waals surface area contributed by atoms with Crippen LogP contribution in [0.3, 0.4) is 0 Å². The van der Waals surface area contributed by atoms with Gasteiger partial charge in [0.15, 0.2) is 5.76 Å². The van der Waals surface area contributed by atoms with Crippen LogP contribution in [0.1, 0.15) is 26.5 Å². The van der Waals surface area contributed by atoms with Gasteiger partial charge in [-0.1, -0.05) is 6.07 Å². The summed E-state index contributed by atoms with van der Waals surface area (Å²) in [7, 11) is 0. The lowest BCUT2D eigenvalue weighted by Crippen LogP contribution is -2.64. The van der Waals surface area contributed by atoms with E-state index in [2.05, 4.69) is 15.5 Å². The summed E-state index contributed by atoms with van der Waals surface area (Å²) in [4.78, 5) is 41.3. The van der Waals surface area contributed by atoms with Gasteiger partial charge in [-0.05, 0) is 36.8 Å². The van der Waals surface area contributed by atoms with E-state index in [1.165, 1.54) is 6.26 Å². The van der Waals surface area contributed by atoms with Crippen molar-refractivity contribution in [1.82, 2.24) is 15.1 Å². The van der Waals surface area contributed by atoms with Crippen LogP contribution in [-0.4, -0.2) is 66.3 Å². The standard InChI is InChI=1S/C20H22N4O4/c1-13-14(4-2-5-15(13)22-19(26)17-6-3-11-28-17)20(27)24-10-9-23-8-7-21-18(25)16(23)12-24/h2-6,11,16H,7-10,12H2,1H3,(H,21,25)(H,22,26)/t16-/m0/s1. The number of nitrogens with zero attached hydrogens (tertiary/aromatic N) is 2. The van der Waals surface area contributed by atoms with Gasteiger partial charge in [-0.3, -0.25) is 19.3 Å². The molecule has 1 atom stereocenters. The van der Waals surface area contributed by atoms with Crippen LogP contribution >= 0.6 is 0 Å². The van der Waals surface area contributed by atoms with Crippen molar-refractivity contribution in [3.63, 3.8) is 0 Å². The summed E-state index contributed by atoms with van der Waals surface area (Å²) in [5.74, 6) is -0.328. The van der Waals surface area contributed by atoms with Crippen LogP contribution < -0.4 is 10.6 Å². The molecule has 3 heterocycles. The second kappa shape index (κ2) is 7.47. The van der Waals surface area contributed by atoms with Crippen LogP contribution in [-0.2, 0) is 4.79 Å². The molecule has 1 aromatic heterocycles. The summed E-state index contributed by atoms with van der Waals surface area (Å²) in [6.45, 7) is 4.88. The molecular formula is C20H22N4O4. The van der Waals surface area contributed by atoms with Crippen molar-refractivity contribution in [2.75, 3.05) is 38.0 Å². The average molecular weight is 382 g/mol. The number of hydrogen-bond acceptors (Lipinski definition) is 5. The molecule has 0 bridgehead atoms. The predicted octanol–water partition coefficient (Wildman–Crippen LogP) is 1.10. The lowest BCUT2D eigenvalue weighted by molar-refractivity contribution is -0.131. The number of anilines is 1. The topological polar surface area (TPSA) is 94.9 Å². The van der Waals surface area contributed by atoms with Gasteiger partial charge in [-0.15, -0.1) is 0 Å². The Kier molecular flexibility index (Phi) is 4.87. The van der Waals surface area contributed by atoms with Gasteiger partial charge < -0.3 is 20.0 Å². The highest BCUT2D eigenvalue weighted by Gasteiger charge is 2.36. The predicted molar refractivity (Wildman–Crippen MR) is 102 cm³/mol. The van der Waals surface area contributed by atoms with Gasteiger partial charge in [0, 0.05) is 44.0 Å². The number of hydrogen-bond donors (Lipinski definition) is 2. The van der Waals surface area contributed by atoms with Crippen LogP contribution in [0.15, 0.2) is 41.0 Å². The molecule has 4 rings (SSSR count). The zero-order chi connectivity index (χ0) is 19.7. The van der Waals surface area contributed by atoms with E-state index in [9.17, 15) is 14.4 Å². The molecule has 0 radical (unpaired) electrons. The summed E-state index contributed by atoms with van der Waals surface area (Å²) in [6.07, 6.45) is 1.43. The Morgan fingerprint density at radius 3 is 2.82 bits per heavy atom. The van der Waals surface area contributed by atoms with E-state index >= 15 is 0 Å². The van der Waals surface area contributed by atoms with Crippen molar-refractivity contribution in [3.8, 4) is 0 Å². The number of furan rings is 1. The third kappa shape index (κ3) is 3.38. The molecule has 2 aliphatic heterocycles. The molecule has 0 saturated carbocycles. The van der Waals surface area contributed by atoms with Gasteiger partial charge in [-0.25, -0.2) is 0 Å². The zero-order valence-corrected chi connectivity index (χ0v) is 15.6. The lowest BCUT2D eigenvalue weighted by Gasteiger charge is -2.43. The molecule has 3 amide bonds. The Morgan fingerprint density at radius 2 is 2.04 bits per heavy atom. The first-order valence-electron chi connectivity index (χ1n) is 9.30. The second-order valence-electron chi connectivity index (χ2n) is 7.00.